The van der Waals surface area contributed by atoms with Crippen molar-refractivity contribution in [3.8, 4) is 5.75 Å². The lowest BCUT2D eigenvalue weighted by Gasteiger charge is -2.11. The molecule has 2 nitrogen and oxygen atoms in total. The molecule has 3 aromatic rings. The van der Waals surface area contributed by atoms with Crippen LogP contribution in [-0.2, 0) is 6.42 Å². The Hall–Kier alpha value is -1.62. The predicted octanol–water partition coefficient (Wildman–Crippen LogP) is 4.97. The van der Waals surface area contributed by atoms with Gasteiger partial charge in [-0.3, -0.25) is 0 Å². The molecule has 0 amide bonds. The minimum atomic E-state index is -0.299. The number of aromatic hydroxyl groups is 1. The van der Waals surface area contributed by atoms with Crippen LogP contribution in [0.5, 0.6) is 5.75 Å². The van der Waals surface area contributed by atoms with Crippen molar-refractivity contribution in [3.63, 3.8) is 0 Å². The van der Waals surface area contributed by atoms with Gasteiger partial charge in [0, 0.05) is 21.8 Å². The molecule has 0 saturated carbocycles. The van der Waals surface area contributed by atoms with Crippen LogP contribution < -0.4 is 0 Å². The molecule has 2 N–H and O–H groups in total. The van der Waals surface area contributed by atoms with E-state index in [1.165, 1.54) is 10.5 Å². The highest BCUT2D eigenvalue weighted by Crippen LogP contribution is 2.27. The monoisotopic (exact) mass is 370 g/mol. The number of phenolic OH excluding ortho intramolecular Hbond substituents is 1. The number of aliphatic hydroxyl groups is 1. The molecule has 0 saturated heterocycles. The normalized spacial score (nSPS) is 12.4. The summed E-state index contributed by atoms with van der Waals surface area (Å²) in [6, 6.07) is 21.9. The van der Waals surface area contributed by atoms with Gasteiger partial charge in [0.05, 0.1) is 6.10 Å². The van der Waals surface area contributed by atoms with Crippen molar-refractivity contribution in [2.24, 2.45) is 0 Å². The fourth-order valence-corrected chi connectivity index (χ4v) is 4.66. The predicted molar refractivity (Wildman–Crippen MR) is 110 cm³/mol. The molecule has 25 heavy (non-hydrogen) atoms. The van der Waals surface area contributed by atoms with E-state index in [1.807, 2.05) is 36.4 Å². The van der Waals surface area contributed by atoms with Crippen molar-refractivity contribution in [2.45, 2.75) is 17.4 Å². The van der Waals surface area contributed by atoms with E-state index in [4.69, 9.17) is 0 Å². The third kappa shape index (κ3) is 5.18. The van der Waals surface area contributed by atoms with E-state index in [-0.39, 0.29) is 6.10 Å². The summed E-state index contributed by atoms with van der Waals surface area (Å²) in [5.74, 6) is 2.76. The van der Waals surface area contributed by atoms with Crippen LogP contribution >= 0.6 is 23.5 Å². The number of phenols is 1. The number of aliphatic hydroxyl groups excluding tert-OH is 1. The minimum Gasteiger partial charge on any atom is -0.507 e. The summed E-state index contributed by atoms with van der Waals surface area (Å²) in [4.78, 5) is 1.20. The van der Waals surface area contributed by atoms with Gasteiger partial charge in [0.1, 0.15) is 5.75 Å². The zero-order valence-corrected chi connectivity index (χ0v) is 15.6. The first-order valence-corrected chi connectivity index (χ1v) is 10.5. The van der Waals surface area contributed by atoms with E-state index in [0.29, 0.717) is 5.75 Å². The Bertz CT molecular complexity index is 805. The Morgan fingerprint density at radius 2 is 1.56 bits per heavy atom. The van der Waals surface area contributed by atoms with Gasteiger partial charge in [0.2, 0.25) is 0 Å². The molecule has 130 valence electrons. The summed E-state index contributed by atoms with van der Waals surface area (Å²) in [6.45, 7) is 0. The number of aryl methyl sites for hydroxylation is 1. The average Bonchev–Trinajstić information content (AvgIpc) is 2.65. The largest absolute Gasteiger partial charge is 0.507 e. The number of fused-ring (bicyclic) bond motifs is 1. The quantitative estimate of drug-likeness (QED) is 0.434. The van der Waals surface area contributed by atoms with E-state index < -0.39 is 0 Å². The molecule has 0 aliphatic heterocycles. The number of thioether (sulfide) groups is 2. The summed E-state index contributed by atoms with van der Waals surface area (Å²) in [5, 5.41) is 22.1. The van der Waals surface area contributed by atoms with Gasteiger partial charge in [-0.2, -0.15) is 11.8 Å². The number of hydrogen-bond donors (Lipinski definition) is 2. The Morgan fingerprint density at radius 3 is 2.40 bits per heavy atom. The average molecular weight is 371 g/mol. The molecule has 0 heterocycles. The molecule has 0 radical (unpaired) electrons. The Balaban J connectivity index is 1.45. The topological polar surface area (TPSA) is 40.5 Å². The molecule has 0 bridgehead atoms. The van der Waals surface area contributed by atoms with Crippen molar-refractivity contribution in [3.05, 3.63) is 72.3 Å². The highest BCUT2D eigenvalue weighted by molar-refractivity contribution is 8.00. The summed E-state index contributed by atoms with van der Waals surface area (Å²) < 4.78 is 0. The van der Waals surface area contributed by atoms with Crippen LogP contribution in [0.4, 0.5) is 0 Å². The van der Waals surface area contributed by atoms with Crippen LogP contribution in [0.1, 0.15) is 5.56 Å². The molecule has 1 atom stereocenters. The van der Waals surface area contributed by atoms with Crippen molar-refractivity contribution < 1.29 is 10.2 Å². The summed E-state index contributed by atoms with van der Waals surface area (Å²) in [5.41, 5.74) is 1.24. The zero-order chi connectivity index (χ0) is 17.5. The molecule has 4 heteroatoms. The molecular formula is C21H22O2S2. The SMILES string of the molecule is Oc1cccc2c(CCSCC(O)CSc3ccccc3)cccc12. The smallest absolute Gasteiger partial charge is 0.123 e. The van der Waals surface area contributed by atoms with Gasteiger partial charge in [0.15, 0.2) is 0 Å². The maximum atomic E-state index is 10.1. The lowest BCUT2D eigenvalue weighted by atomic mass is 10.0. The van der Waals surface area contributed by atoms with Crippen LogP contribution in [0.2, 0.25) is 0 Å². The minimum absolute atomic E-state index is 0.299. The maximum Gasteiger partial charge on any atom is 0.123 e. The van der Waals surface area contributed by atoms with Gasteiger partial charge in [-0.1, -0.05) is 48.5 Å². The van der Waals surface area contributed by atoms with E-state index >= 15 is 0 Å². The molecule has 0 spiro atoms. The van der Waals surface area contributed by atoms with Crippen LogP contribution in [0.25, 0.3) is 10.8 Å². The van der Waals surface area contributed by atoms with Gasteiger partial charge in [0.25, 0.3) is 0 Å². The molecule has 0 fully saturated rings. The number of hydrogen-bond acceptors (Lipinski definition) is 4. The van der Waals surface area contributed by atoms with Crippen molar-refractivity contribution in [1.29, 1.82) is 0 Å². The Morgan fingerprint density at radius 1 is 0.800 bits per heavy atom. The van der Waals surface area contributed by atoms with E-state index in [9.17, 15) is 10.2 Å². The van der Waals surface area contributed by atoms with Gasteiger partial charge in [-0.15, -0.1) is 11.8 Å². The van der Waals surface area contributed by atoms with Crippen LogP contribution in [0.3, 0.4) is 0 Å². The summed E-state index contributed by atoms with van der Waals surface area (Å²) >= 11 is 3.47. The number of benzene rings is 3. The Kier molecular flexibility index (Phi) is 6.68. The van der Waals surface area contributed by atoms with E-state index in [1.54, 1.807) is 29.6 Å². The van der Waals surface area contributed by atoms with E-state index in [0.717, 1.165) is 34.5 Å². The maximum absolute atomic E-state index is 10.1. The third-order valence-corrected chi connectivity index (χ3v) is 6.27. The molecule has 0 aromatic heterocycles. The second kappa shape index (κ2) is 9.18. The van der Waals surface area contributed by atoms with Crippen molar-refractivity contribution in [1.82, 2.24) is 0 Å². The second-order valence-electron chi connectivity index (χ2n) is 5.89. The van der Waals surface area contributed by atoms with Gasteiger partial charge >= 0.3 is 0 Å². The standard InChI is InChI=1S/C21H22O2S2/c22-17(15-25-18-7-2-1-3-8-18)14-24-13-12-16-6-4-10-20-19(16)9-5-11-21(20)23/h1-11,17,22-23H,12-15H2. The van der Waals surface area contributed by atoms with E-state index in [2.05, 4.69) is 24.3 Å². The third-order valence-electron chi connectivity index (χ3n) is 4.00. The fraction of sp³-hybridized carbons (Fsp3) is 0.238. The molecule has 1 unspecified atom stereocenters. The molecular weight excluding hydrogens is 348 g/mol. The molecule has 0 aliphatic rings. The summed E-state index contributed by atoms with van der Waals surface area (Å²) in [7, 11) is 0. The first-order chi connectivity index (χ1) is 12.2. The van der Waals surface area contributed by atoms with Crippen molar-refractivity contribution in [2.75, 3.05) is 17.3 Å². The van der Waals surface area contributed by atoms with Gasteiger partial charge < -0.3 is 10.2 Å². The van der Waals surface area contributed by atoms with Crippen molar-refractivity contribution >= 4 is 34.3 Å². The Labute approximate surface area is 157 Å². The van der Waals surface area contributed by atoms with Gasteiger partial charge in [-0.05, 0) is 41.3 Å². The van der Waals surface area contributed by atoms with Gasteiger partial charge in [-0.25, -0.2) is 0 Å². The summed E-state index contributed by atoms with van der Waals surface area (Å²) in [6.07, 6.45) is 0.635. The van der Waals surface area contributed by atoms with Crippen LogP contribution in [-0.4, -0.2) is 33.6 Å². The number of rotatable bonds is 8. The molecule has 3 rings (SSSR count). The first kappa shape index (κ1) is 18.2. The first-order valence-electron chi connectivity index (χ1n) is 8.37. The van der Waals surface area contributed by atoms with Crippen LogP contribution in [0.15, 0.2) is 71.6 Å². The van der Waals surface area contributed by atoms with Crippen LogP contribution in [0, 0.1) is 0 Å². The fourth-order valence-electron chi connectivity index (χ4n) is 2.74. The zero-order valence-electron chi connectivity index (χ0n) is 14.0. The molecule has 0 aliphatic carbocycles. The molecule has 3 aromatic carbocycles. The highest BCUT2D eigenvalue weighted by atomic mass is 32.2. The second-order valence-corrected chi connectivity index (χ2v) is 8.14. The lowest BCUT2D eigenvalue weighted by Crippen LogP contribution is -2.13. The lowest BCUT2D eigenvalue weighted by molar-refractivity contribution is 0.225. The highest BCUT2D eigenvalue weighted by Gasteiger charge is 2.07.